The van der Waals surface area contributed by atoms with Crippen LogP contribution in [0.1, 0.15) is 70.0 Å². The van der Waals surface area contributed by atoms with E-state index in [-0.39, 0.29) is 11.9 Å². The van der Waals surface area contributed by atoms with E-state index in [0.717, 1.165) is 31.2 Å². The summed E-state index contributed by atoms with van der Waals surface area (Å²) in [5.41, 5.74) is 0.824. The van der Waals surface area contributed by atoms with Gasteiger partial charge in [-0.2, -0.15) is 0 Å². The summed E-state index contributed by atoms with van der Waals surface area (Å²) in [4.78, 5) is 40.0. The van der Waals surface area contributed by atoms with E-state index in [9.17, 15) is 19.5 Å². The maximum absolute atomic E-state index is 13.4. The minimum absolute atomic E-state index is 0.0831. The zero-order valence-electron chi connectivity index (χ0n) is 19.8. The van der Waals surface area contributed by atoms with Crippen LogP contribution in [0.4, 0.5) is 4.79 Å². The number of aliphatic hydroxyl groups is 1. The summed E-state index contributed by atoms with van der Waals surface area (Å²) >= 11 is 0. The quantitative estimate of drug-likeness (QED) is 0.596. The predicted octanol–water partition coefficient (Wildman–Crippen LogP) is 2.83. The Hall–Kier alpha value is -2.61. The van der Waals surface area contributed by atoms with Crippen LogP contribution in [-0.2, 0) is 14.3 Å². The SMILES string of the molecule is Cc1ccccc1C(C(=O)NC1CCCCC1)N(C)C(=O)C(CO)NC(=O)OC(C)(C)C. The molecule has 1 aromatic rings. The molecule has 0 spiro atoms. The van der Waals surface area contributed by atoms with Gasteiger partial charge in [-0.25, -0.2) is 4.79 Å². The molecule has 0 aromatic heterocycles. The van der Waals surface area contributed by atoms with Gasteiger partial charge in [0.15, 0.2) is 0 Å². The molecule has 0 radical (unpaired) electrons. The van der Waals surface area contributed by atoms with Crippen molar-refractivity contribution >= 4 is 17.9 Å². The van der Waals surface area contributed by atoms with Crippen molar-refractivity contribution in [2.75, 3.05) is 13.7 Å². The summed E-state index contributed by atoms with van der Waals surface area (Å²) in [5, 5.41) is 15.3. The number of carbonyl (C=O) groups excluding carboxylic acids is 3. The van der Waals surface area contributed by atoms with Crippen molar-refractivity contribution in [1.29, 1.82) is 0 Å². The van der Waals surface area contributed by atoms with Crippen LogP contribution in [-0.4, -0.2) is 59.3 Å². The summed E-state index contributed by atoms with van der Waals surface area (Å²) in [6.45, 7) is 6.39. The van der Waals surface area contributed by atoms with Crippen LogP contribution in [0.25, 0.3) is 0 Å². The monoisotopic (exact) mass is 447 g/mol. The molecule has 1 aromatic carbocycles. The fourth-order valence-electron chi connectivity index (χ4n) is 3.95. The summed E-state index contributed by atoms with van der Waals surface area (Å²) in [5.74, 6) is -0.846. The second-order valence-corrected chi connectivity index (χ2v) is 9.43. The first-order valence-corrected chi connectivity index (χ1v) is 11.3. The van der Waals surface area contributed by atoms with E-state index in [1.807, 2.05) is 31.2 Å². The number of amides is 3. The number of hydrogen-bond acceptors (Lipinski definition) is 5. The van der Waals surface area contributed by atoms with Crippen molar-refractivity contribution in [3.63, 3.8) is 0 Å². The number of ether oxygens (including phenoxy) is 1. The Morgan fingerprint density at radius 2 is 1.78 bits per heavy atom. The Bertz CT molecular complexity index is 799. The van der Waals surface area contributed by atoms with Gasteiger partial charge in [0.05, 0.1) is 6.61 Å². The number of likely N-dealkylation sites (N-methyl/N-ethyl adjacent to an activating group) is 1. The van der Waals surface area contributed by atoms with Gasteiger partial charge in [-0.3, -0.25) is 9.59 Å². The van der Waals surface area contributed by atoms with E-state index in [2.05, 4.69) is 10.6 Å². The average Bonchev–Trinajstić information content (AvgIpc) is 2.72. The second kappa shape index (κ2) is 11.3. The van der Waals surface area contributed by atoms with Crippen molar-refractivity contribution in [3.8, 4) is 0 Å². The number of benzene rings is 1. The minimum atomic E-state index is -1.23. The first kappa shape index (κ1) is 25.6. The first-order chi connectivity index (χ1) is 15.0. The van der Waals surface area contributed by atoms with E-state index < -0.39 is 36.3 Å². The lowest BCUT2D eigenvalue weighted by atomic mass is 9.94. The molecule has 8 heteroatoms. The van der Waals surface area contributed by atoms with E-state index in [4.69, 9.17) is 4.74 Å². The molecule has 32 heavy (non-hydrogen) atoms. The third-order valence-electron chi connectivity index (χ3n) is 5.59. The van der Waals surface area contributed by atoms with Gasteiger partial charge in [0, 0.05) is 13.1 Å². The molecule has 1 saturated carbocycles. The third kappa shape index (κ3) is 7.22. The molecule has 1 aliphatic carbocycles. The summed E-state index contributed by atoms with van der Waals surface area (Å²) < 4.78 is 5.20. The smallest absolute Gasteiger partial charge is 0.408 e. The standard InChI is InChI=1S/C24H37N3O5/c1-16-11-9-10-14-18(16)20(21(29)25-17-12-7-6-8-13-17)27(5)22(30)19(15-28)26-23(31)32-24(2,3)4/h9-11,14,17,19-20,28H,6-8,12-13,15H2,1-5H3,(H,25,29)(H,26,31). The number of aliphatic hydroxyl groups excluding tert-OH is 1. The molecule has 1 fully saturated rings. The molecule has 3 N–H and O–H groups in total. The maximum Gasteiger partial charge on any atom is 0.408 e. The number of nitrogens with zero attached hydrogens (tertiary/aromatic N) is 1. The number of hydrogen-bond donors (Lipinski definition) is 3. The van der Waals surface area contributed by atoms with Crippen molar-refractivity contribution in [3.05, 3.63) is 35.4 Å². The van der Waals surface area contributed by atoms with Gasteiger partial charge in [-0.05, 0) is 51.7 Å². The lowest BCUT2D eigenvalue weighted by molar-refractivity contribution is -0.141. The molecule has 1 aliphatic rings. The lowest BCUT2D eigenvalue weighted by Crippen LogP contribution is -2.54. The zero-order valence-corrected chi connectivity index (χ0v) is 19.8. The molecule has 8 nitrogen and oxygen atoms in total. The summed E-state index contributed by atoms with van der Waals surface area (Å²) in [7, 11) is 1.51. The molecule has 0 aliphatic heterocycles. The first-order valence-electron chi connectivity index (χ1n) is 11.3. The average molecular weight is 448 g/mol. The summed E-state index contributed by atoms with van der Waals surface area (Å²) in [6, 6.07) is 5.36. The highest BCUT2D eigenvalue weighted by Gasteiger charge is 2.35. The van der Waals surface area contributed by atoms with Gasteiger partial charge in [0.25, 0.3) is 0 Å². The van der Waals surface area contributed by atoms with Crippen LogP contribution >= 0.6 is 0 Å². The Labute approximate surface area is 190 Å². The van der Waals surface area contributed by atoms with Gasteiger partial charge in [-0.15, -0.1) is 0 Å². The van der Waals surface area contributed by atoms with Gasteiger partial charge >= 0.3 is 6.09 Å². The Balaban J connectivity index is 2.24. The molecule has 0 heterocycles. The van der Waals surface area contributed by atoms with Crippen LogP contribution in [0.3, 0.4) is 0 Å². The number of carbonyl (C=O) groups is 3. The predicted molar refractivity (Wildman–Crippen MR) is 122 cm³/mol. The maximum atomic E-state index is 13.4. The highest BCUT2D eigenvalue weighted by Crippen LogP contribution is 2.26. The Morgan fingerprint density at radius 1 is 1.16 bits per heavy atom. The minimum Gasteiger partial charge on any atom is -0.444 e. The molecular weight excluding hydrogens is 410 g/mol. The van der Waals surface area contributed by atoms with Gasteiger partial charge in [0.1, 0.15) is 17.7 Å². The Kier molecular flexibility index (Phi) is 9.07. The highest BCUT2D eigenvalue weighted by molar-refractivity contribution is 5.92. The number of nitrogens with one attached hydrogen (secondary N) is 2. The van der Waals surface area contributed by atoms with Gasteiger partial charge < -0.3 is 25.4 Å². The van der Waals surface area contributed by atoms with Crippen molar-refractivity contribution in [2.24, 2.45) is 0 Å². The number of aryl methyl sites for hydroxylation is 1. The third-order valence-corrected chi connectivity index (χ3v) is 5.59. The van der Waals surface area contributed by atoms with Crippen molar-refractivity contribution in [2.45, 2.75) is 83.5 Å². The zero-order chi connectivity index (χ0) is 23.9. The van der Waals surface area contributed by atoms with Crippen molar-refractivity contribution < 1.29 is 24.2 Å². The van der Waals surface area contributed by atoms with Crippen LogP contribution in [0.15, 0.2) is 24.3 Å². The van der Waals surface area contributed by atoms with Crippen LogP contribution in [0.2, 0.25) is 0 Å². The molecule has 2 atom stereocenters. The molecule has 0 saturated heterocycles. The summed E-state index contributed by atoms with van der Waals surface area (Å²) in [6.07, 6.45) is 4.34. The van der Waals surface area contributed by atoms with E-state index in [1.54, 1.807) is 20.8 Å². The Morgan fingerprint density at radius 3 is 2.34 bits per heavy atom. The topological polar surface area (TPSA) is 108 Å². The largest absolute Gasteiger partial charge is 0.444 e. The van der Waals surface area contributed by atoms with Gasteiger partial charge in [0.2, 0.25) is 11.8 Å². The molecular formula is C24H37N3O5. The fraction of sp³-hybridized carbons (Fsp3) is 0.625. The van der Waals surface area contributed by atoms with E-state index in [1.165, 1.54) is 18.4 Å². The molecule has 3 amide bonds. The molecule has 0 bridgehead atoms. The molecule has 178 valence electrons. The normalized spacial score (nSPS) is 16.6. The number of rotatable bonds is 7. The van der Waals surface area contributed by atoms with E-state index >= 15 is 0 Å². The van der Waals surface area contributed by atoms with Crippen LogP contribution in [0, 0.1) is 6.92 Å². The fourth-order valence-corrected chi connectivity index (χ4v) is 3.95. The highest BCUT2D eigenvalue weighted by atomic mass is 16.6. The van der Waals surface area contributed by atoms with Crippen LogP contribution in [0.5, 0.6) is 0 Å². The second-order valence-electron chi connectivity index (χ2n) is 9.43. The van der Waals surface area contributed by atoms with E-state index in [0.29, 0.717) is 5.56 Å². The van der Waals surface area contributed by atoms with Gasteiger partial charge in [-0.1, -0.05) is 43.5 Å². The van der Waals surface area contributed by atoms with Crippen LogP contribution < -0.4 is 10.6 Å². The molecule has 2 unspecified atom stereocenters. The number of alkyl carbamates (subject to hydrolysis) is 1. The lowest BCUT2D eigenvalue weighted by Gasteiger charge is -2.33. The molecule has 2 rings (SSSR count). The van der Waals surface area contributed by atoms with Crippen molar-refractivity contribution in [1.82, 2.24) is 15.5 Å².